The molecule has 7 nitrogen and oxygen atoms in total. The molecule has 36 heavy (non-hydrogen) atoms. The lowest BCUT2D eigenvalue weighted by molar-refractivity contribution is -0.127. The van der Waals surface area contributed by atoms with Crippen LogP contribution in [0.15, 0.2) is 73.2 Å². The van der Waals surface area contributed by atoms with E-state index in [1.807, 2.05) is 65.1 Å². The summed E-state index contributed by atoms with van der Waals surface area (Å²) in [5.74, 6) is 1.45. The van der Waals surface area contributed by atoms with Gasteiger partial charge in [0.25, 0.3) is 0 Å². The maximum absolute atomic E-state index is 12.8. The van der Waals surface area contributed by atoms with Crippen molar-refractivity contribution in [3.8, 4) is 11.3 Å². The number of rotatable bonds is 8. The van der Waals surface area contributed by atoms with Crippen LogP contribution in [0.25, 0.3) is 16.8 Å². The maximum Gasteiger partial charge on any atom is 0.247 e. The fraction of sp³-hybridized carbons (Fsp3) is 0.321. The van der Waals surface area contributed by atoms with Gasteiger partial charge in [-0.25, -0.2) is 9.97 Å². The monoisotopic (exact) mass is 502 g/mol. The summed E-state index contributed by atoms with van der Waals surface area (Å²) < 4.78 is 1.99. The summed E-state index contributed by atoms with van der Waals surface area (Å²) in [7, 11) is 0. The molecule has 3 heterocycles. The van der Waals surface area contributed by atoms with Crippen molar-refractivity contribution < 1.29 is 4.79 Å². The lowest BCUT2D eigenvalue weighted by Gasteiger charge is -2.35. The molecule has 2 aromatic heterocycles. The molecular weight excluding hydrogens is 468 g/mol. The second-order valence-corrected chi connectivity index (χ2v) is 10.2. The average Bonchev–Trinajstić information content (AvgIpc) is 3.50. The SMILES string of the molecule is C=CC(=O)N1CCC[C@@]1(SC)c1nc(-c2ccc(N/C(=C/C=C\C)C(C)C)cc2)c2c(N)nccn12. The predicted octanol–water partition coefficient (Wildman–Crippen LogP) is 5.83. The first-order chi connectivity index (χ1) is 17.4. The number of benzene rings is 1. The number of hydrogen-bond donors (Lipinski definition) is 2. The largest absolute Gasteiger partial charge is 0.382 e. The number of allylic oxidation sites excluding steroid dienone is 4. The van der Waals surface area contributed by atoms with Crippen molar-refractivity contribution in [3.05, 3.63) is 79.1 Å². The van der Waals surface area contributed by atoms with E-state index < -0.39 is 4.87 Å². The third kappa shape index (κ3) is 4.53. The Kier molecular flexibility index (Phi) is 7.54. The highest BCUT2D eigenvalue weighted by molar-refractivity contribution is 7.99. The van der Waals surface area contributed by atoms with E-state index >= 15 is 0 Å². The van der Waals surface area contributed by atoms with E-state index in [2.05, 4.69) is 36.8 Å². The van der Waals surface area contributed by atoms with Crippen LogP contribution >= 0.6 is 11.8 Å². The number of fused-ring (bicyclic) bond motifs is 1. The van der Waals surface area contributed by atoms with Crippen molar-refractivity contribution in [2.75, 3.05) is 23.9 Å². The van der Waals surface area contributed by atoms with E-state index in [-0.39, 0.29) is 5.91 Å². The van der Waals surface area contributed by atoms with Gasteiger partial charge >= 0.3 is 0 Å². The number of anilines is 2. The molecule has 1 saturated heterocycles. The Morgan fingerprint density at radius 1 is 1.31 bits per heavy atom. The molecular formula is C28H34N6OS. The summed E-state index contributed by atoms with van der Waals surface area (Å²) in [6.07, 6.45) is 14.8. The van der Waals surface area contributed by atoms with E-state index in [1.165, 1.54) is 6.08 Å². The van der Waals surface area contributed by atoms with E-state index in [0.717, 1.165) is 46.8 Å². The molecule has 0 unspecified atom stereocenters. The second kappa shape index (κ2) is 10.6. The van der Waals surface area contributed by atoms with Gasteiger partial charge in [0.05, 0.1) is 0 Å². The van der Waals surface area contributed by atoms with Crippen molar-refractivity contribution in [2.45, 2.75) is 38.5 Å². The molecule has 1 aliphatic heterocycles. The lowest BCUT2D eigenvalue weighted by atomic mass is 10.1. The first-order valence-corrected chi connectivity index (χ1v) is 13.4. The van der Waals surface area contributed by atoms with Crippen LogP contribution in [0.3, 0.4) is 0 Å². The van der Waals surface area contributed by atoms with Crippen LogP contribution in [0, 0.1) is 5.92 Å². The minimum Gasteiger partial charge on any atom is -0.382 e. The minimum atomic E-state index is -0.606. The van der Waals surface area contributed by atoms with Gasteiger partial charge < -0.3 is 16.0 Å². The third-order valence-corrected chi connectivity index (χ3v) is 7.86. The molecule has 1 aliphatic rings. The summed E-state index contributed by atoms with van der Waals surface area (Å²) >= 11 is 1.62. The Labute approximate surface area is 217 Å². The zero-order chi connectivity index (χ0) is 25.9. The molecule has 8 heteroatoms. The van der Waals surface area contributed by atoms with Crippen molar-refractivity contribution in [3.63, 3.8) is 0 Å². The smallest absolute Gasteiger partial charge is 0.247 e. The summed E-state index contributed by atoms with van der Waals surface area (Å²) in [4.78, 5) is 23.5. The summed E-state index contributed by atoms with van der Waals surface area (Å²) in [5, 5.41) is 3.52. The zero-order valence-corrected chi connectivity index (χ0v) is 22.2. The standard InChI is InChI=1S/C28H34N6OS/c1-6-8-10-22(19(3)4)31-21-13-11-20(12-14-21)24-25-26(29)30-16-18-33(25)27(32-24)28(36-5)15-9-17-34(28)23(35)7-2/h6-8,10-14,16,18-19,31H,2,9,15,17H2,1,3-5H3,(H2,29,30)/b8-6-,22-10+/t28-/m1/s1. The normalized spacial score (nSPS) is 18.5. The van der Waals surface area contributed by atoms with Crippen LogP contribution in [-0.4, -0.2) is 38.0 Å². The first-order valence-electron chi connectivity index (χ1n) is 12.2. The second-order valence-electron chi connectivity index (χ2n) is 9.11. The molecule has 0 aliphatic carbocycles. The third-order valence-electron chi connectivity index (χ3n) is 6.58. The first kappa shape index (κ1) is 25.6. The van der Waals surface area contributed by atoms with E-state index in [4.69, 9.17) is 10.7 Å². The van der Waals surface area contributed by atoms with Crippen LogP contribution in [0.1, 0.15) is 39.4 Å². The number of imidazole rings is 1. The van der Waals surface area contributed by atoms with Gasteiger partial charge in [0.2, 0.25) is 5.91 Å². The maximum atomic E-state index is 12.8. The number of aromatic nitrogens is 3. The number of amides is 1. The van der Waals surface area contributed by atoms with Crippen molar-refractivity contribution in [1.29, 1.82) is 0 Å². The molecule has 0 bridgehead atoms. The fourth-order valence-electron chi connectivity index (χ4n) is 4.72. The number of nitrogen functional groups attached to an aromatic ring is 1. The molecule has 0 saturated carbocycles. The number of nitrogens with zero attached hydrogens (tertiary/aromatic N) is 4. The number of thioether (sulfide) groups is 1. The quantitative estimate of drug-likeness (QED) is 0.298. The Morgan fingerprint density at radius 3 is 2.69 bits per heavy atom. The van der Waals surface area contributed by atoms with E-state index in [9.17, 15) is 4.79 Å². The highest BCUT2D eigenvalue weighted by atomic mass is 32.2. The summed E-state index contributed by atoms with van der Waals surface area (Å²) in [6, 6.07) is 8.18. The molecule has 1 fully saturated rings. The molecule has 0 spiro atoms. The van der Waals surface area contributed by atoms with Gasteiger partial charge in [0, 0.05) is 35.9 Å². The predicted molar refractivity (Wildman–Crippen MR) is 151 cm³/mol. The van der Waals surface area contributed by atoms with Crippen LogP contribution in [0.5, 0.6) is 0 Å². The molecule has 3 N–H and O–H groups in total. The molecule has 1 aromatic carbocycles. The number of hydrogen-bond acceptors (Lipinski definition) is 6. The van der Waals surface area contributed by atoms with Crippen LogP contribution in [0.4, 0.5) is 11.5 Å². The number of carbonyl (C=O) groups is 1. The number of carbonyl (C=O) groups excluding carboxylic acids is 1. The van der Waals surface area contributed by atoms with Gasteiger partial charge in [0.1, 0.15) is 21.9 Å². The molecule has 4 rings (SSSR count). The van der Waals surface area contributed by atoms with Gasteiger partial charge in [-0.05, 0) is 56.2 Å². The lowest BCUT2D eigenvalue weighted by Crippen LogP contribution is -2.43. The van der Waals surface area contributed by atoms with E-state index in [0.29, 0.717) is 18.3 Å². The number of likely N-dealkylation sites (tertiary alicyclic amines) is 1. The minimum absolute atomic E-state index is 0.0930. The molecule has 0 radical (unpaired) electrons. The average molecular weight is 503 g/mol. The Balaban J connectivity index is 1.80. The Bertz CT molecular complexity index is 1320. The van der Waals surface area contributed by atoms with Crippen LogP contribution < -0.4 is 11.1 Å². The van der Waals surface area contributed by atoms with Gasteiger partial charge in [-0.3, -0.25) is 9.20 Å². The molecule has 1 amide bonds. The van der Waals surface area contributed by atoms with Gasteiger partial charge in [-0.1, -0.05) is 44.7 Å². The van der Waals surface area contributed by atoms with Crippen LogP contribution in [-0.2, 0) is 9.67 Å². The number of nitrogens with one attached hydrogen (secondary N) is 1. The van der Waals surface area contributed by atoms with Gasteiger partial charge in [-0.2, -0.15) is 0 Å². The van der Waals surface area contributed by atoms with Crippen molar-refractivity contribution in [1.82, 2.24) is 19.3 Å². The number of nitrogens with two attached hydrogens (primary N) is 1. The van der Waals surface area contributed by atoms with Crippen molar-refractivity contribution >= 4 is 34.7 Å². The van der Waals surface area contributed by atoms with Crippen LogP contribution in [0.2, 0.25) is 0 Å². The highest BCUT2D eigenvalue weighted by Crippen LogP contribution is 2.48. The van der Waals surface area contributed by atoms with E-state index in [1.54, 1.807) is 18.0 Å². The molecule has 1 atom stereocenters. The summed E-state index contributed by atoms with van der Waals surface area (Å²) in [6.45, 7) is 10.7. The highest BCUT2D eigenvalue weighted by Gasteiger charge is 2.47. The summed E-state index contributed by atoms with van der Waals surface area (Å²) in [5.41, 5.74) is 11.0. The molecule has 3 aromatic rings. The molecule has 188 valence electrons. The topological polar surface area (TPSA) is 88.5 Å². The Morgan fingerprint density at radius 2 is 2.06 bits per heavy atom. The van der Waals surface area contributed by atoms with Crippen molar-refractivity contribution in [2.24, 2.45) is 5.92 Å². The van der Waals surface area contributed by atoms with Gasteiger partial charge in [-0.15, -0.1) is 11.8 Å². The van der Waals surface area contributed by atoms with Gasteiger partial charge in [0.15, 0.2) is 5.82 Å². The Hall–Kier alpha value is -3.52. The fourth-order valence-corrected chi connectivity index (χ4v) is 5.80. The zero-order valence-electron chi connectivity index (χ0n) is 21.4.